The molecule has 3 atom stereocenters. The van der Waals surface area contributed by atoms with Crippen molar-refractivity contribution in [2.24, 2.45) is 5.41 Å². The summed E-state index contributed by atoms with van der Waals surface area (Å²) in [7, 11) is 0. The maximum atomic E-state index is 10.7. The summed E-state index contributed by atoms with van der Waals surface area (Å²) in [6, 6.07) is 0. The second-order valence-corrected chi connectivity index (χ2v) is 5.03. The molecule has 70 valence electrons. The van der Waals surface area contributed by atoms with Crippen LogP contribution < -0.4 is 0 Å². The number of rotatable bonds is 2. The number of hydrogen-bond donors (Lipinski definition) is 1. The van der Waals surface area contributed by atoms with Gasteiger partial charge in [0.15, 0.2) is 11.1 Å². The molecule has 2 fully saturated rings. The fraction of sp³-hybridized carbons (Fsp3) is 1.00. The molecule has 1 N–H and O–H groups in total. The minimum atomic E-state index is -1.60. The molecule has 0 aromatic heterocycles. The highest BCUT2D eigenvalue weighted by Gasteiger charge is 2.41. The van der Waals surface area contributed by atoms with Crippen molar-refractivity contribution >= 4 is 11.1 Å². The molecular formula is C8H15NO2S. The van der Waals surface area contributed by atoms with Crippen LogP contribution in [0.15, 0.2) is 0 Å². The number of hydrogen-bond acceptors (Lipinski definition) is 2. The third-order valence-corrected chi connectivity index (χ3v) is 3.99. The highest BCUT2D eigenvalue weighted by Crippen LogP contribution is 2.39. The molecule has 0 aromatic carbocycles. The average molecular weight is 189 g/mol. The van der Waals surface area contributed by atoms with Crippen LogP contribution in [0.4, 0.5) is 0 Å². The van der Waals surface area contributed by atoms with Gasteiger partial charge in [0.05, 0.1) is 5.75 Å². The largest absolute Gasteiger partial charge is 0.306 e. The van der Waals surface area contributed by atoms with E-state index in [9.17, 15) is 4.21 Å². The molecule has 2 saturated heterocycles. The molecule has 0 aliphatic carbocycles. The quantitative estimate of drug-likeness (QED) is 0.650. The van der Waals surface area contributed by atoms with Gasteiger partial charge in [-0.1, -0.05) is 0 Å². The summed E-state index contributed by atoms with van der Waals surface area (Å²) in [6.07, 6.45) is 3.48. The van der Waals surface area contributed by atoms with Crippen LogP contribution in [0.2, 0.25) is 0 Å². The van der Waals surface area contributed by atoms with Gasteiger partial charge in [0.25, 0.3) is 0 Å². The maximum Gasteiger partial charge on any atom is 0.153 e. The van der Waals surface area contributed by atoms with Crippen LogP contribution in [0, 0.1) is 5.41 Å². The Morgan fingerprint density at radius 3 is 3.00 bits per heavy atom. The minimum absolute atomic E-state index is 0.192. The number of nitrogens with zero attached hydrogens (tertiary/aromatic N) is 1. The molecule has 4 heteroatoms. The fourth-order valence-corrected chi connectivity index (χ4v) is 3.46. The van der Waals surface area contributed by atoms with Crippen molar-refractivity contribution in [1.82, 2.24) is 4.90 Å². The Morgan fingerprint density at radius 1 is 1.42 bits per heavy atom. The van der Waals surface area contributed by atoms with E-state index in [1.807, 2.05) is 0 Å². The van der Waals surface area contributed by atoms with E-state index in [0.717, 1.165) is 25.9 Å². The van der Waals surface area contributed by atoms with Crippen LogP contribution in [0.3, 0.4) is 0 Å². The van der Waals surface area contributed by atoms with Crippen LogP contribution in [0.5, 0.6) is 0 Å². The molecule has 12 heavy (non-hydrogen) atoms. The molecule has 2 bridgehead atoms. The first kappa shape index (κ1) is 8.66. The monoisotopic (exact) mass is 189 g/mol. The zero-order valence-electron chi connectivity index (χ0n) is 7.16. The zero-order chi connectivity index (χ0) is 8.60. The summed E-state index contributed by atoms with van der Waals surface area (Å²) in [4.78, 5) is 2.41. The third kappa shape index (κ3) is 1.56. The summed E-state index contributed by atoms with van der Waals surface area (Å²) in [5, 5.41) is 0. The van der Waals surface area contributed by atoms with Crippen LogP contribution in [0.25, 0.3) is 0 Å². The van der Waals surface area contributed by atoms with Gasteiger partial charge in [-0.25, -0.2) is 4.21 Å². The molecule has 0 radical (unpaired) electrons. The normalized spacial score (nSPS) is 42.9. The molecule has 0 spiro atoms. The van der Waals surface area contributed by atoms with Gasteiger partial charge in [-0.05, 0) is 37.8 Å². The standard InChI is InChI=1S/C8H15NO2S/c10-12(11)7-8-2-1-4-9(6-8)5-3-8/h1-7H2,(H,10,11). The Hall–Kier alpha value is 0.0700. The van der Waals surface area contributed by atoms with Gasteiger partial charge in [-0.2, -0.15) is 0 Å². The first-order valence-corrected chi connectivity index (χ1v) is 5.78. The topological polar surface area (TPSA) is 40.5 Å². The Morgan fingerprint density at radius 2 is 2.25 bits per heavy atom. The van der Waals surface area contributed by atoms with E-state index in [0.29, 0.717) is 5.75 Å². The van der Waals surface area contributed by atoms with Crippen molar-refractivity contribution in [3.8, 4) is 0 Å². The van der Waals surface area contributed by atoms with Gasteiger partial charge in [-0.3, -0.25) is 0 Å². The van der Waals surface area contributed by atoms with Gasteiger partial charge in [0.2, 0.25) is 0 Å². The number of piperidine rings is 1. The van der Waals surface area contributed by atoms with E-state index in [1.165, 1.54) is 13.0 Å². The molecule has 3 unspecified atom stereocenters. The van der Waals surface area contributed by atoms with E-state index in [4.69, 9.17) is 4.55 Å². The van der Waals surface area contributed by atoms with Gasteiger partial charge in [0, 0.05) is 6.54 Å². The molecule has 0 saturated carbocycles. The summed E-state index contributed by atoms with van der Waals surface area (Å²) in [5.41, 5.74) is 0.192. The molecule has 2 aliphatic heterocycles. The van der Waals surface area contributed by atoms with Gasteiger partial charge in [0.1, 0.15) is 0 Å². The Bertz CT molecular complexity index is 205. The van der Waals surface area contributed by atoms with E-state index < -0.39 is 11.1 Å². The van der Waals surface area contributed by atoms with Crippen LogP contribution in [-0.4, -0.2) is 39.0 Å². The second-order valence-electron chi connectivity index (χ2n) is 4.10. The number of fused-ring (bicyclic) bond motifs is 2. The van der Waals surface area contributed by atoms with Crippen LogP contribution in [0.1, 0.15) is 19.3 Å². The summed E-state index contributed by atoms with van der Waals surface area (Å²) in [5.74, 6) is 0.490. The highest BCUT2D eigenvalue weighted by atomic mass is 32.2. The minimum Gasteiger partial charge on any atom is -0.306 e. The molecule has 3 nitrogen and oxygen atoms in total. The van der Waals surface area contributed by atoms with Crippen molar-refractivity contribution in [3.05, 3.63) is 0 Å². The summed E-state index contributed by atoms with van der Waals surface area (Å²) >= 11 is -1.60. The van der Waals surface area contributed by atoms with Crippen LogP contribution >= 0.6 is 0 Å². The van der Waals surface area contributed by atoms with E-state index >= 15 is 0 Å². The smallest absolute Gasteiger partial charge is 0.153 e. The van der Waals surface area contributed by atoms with E-state index in [1.54, 1.807) is 0 Å². The Kier molecular flexibility index (Phi) is 2.23. The average Bonchev–Trinajstić information content (AvgIpc) is 2.25. The molecular weight excluding hydrogens is 174 g/mol. The fourth-order valence-electron chi connectivity index (χ4n) is 2.55. The lowest BCUT2D eigenvalue weighted by molar-refractivity contribution is 0.202. The predicted octanol–water partition coefficient (Wildman–Crippen LogP) is 0.694. The SMILES string of the molecule is O=S(O)CC12CCCN(CC1)C2. The first-order chi connectivity index (χ1) is 5.70. The molecule has 2 rings (SSSR count). The van der Waals surface area contributed by atoms with Crippen molar-refractivity contribution < 1.29 is 8.76 Å². The Labute approximate surface area is 75.4 Å². The second kappa shape index (κ2) is 3.09. The van der Waals surface area contributed by atoms with Crippen molar-refractivity contribution in [3.63, 3.8) is 0 Å². The summed E-state index contributed by atoms with van der Waals surface area (Å²) < 4.78 is 19.6. The van der Waals surface area contributed by atoms with Crippen molar-refractivity contribution in [1.29, 1.82) is 0 Å². The predicted molar refractivity (Wildman–Crippen MR) is 48.4 cm³/mol. The summed E-state index contributed by atoms with van der Waals surface area (Å²) in [6.45, 7) is 3.39. The maximum absolute atomic E-state index is 10.7. The molecule has 2 heterocycles. The molecule has 2 aliphatic rings. The van der Waals surface area contributed by atoms with Crippen molar-refractivity contribution in [2.75, 3.05) is 25.4 Å². The molecule has 0 aromatic rings. The van der Waals surface area contributed by atoms with E-state index in [2.05, 4.69) is 4.90 Å². The highest BCUT2D eigenvalue weighted by molar-refractivity contribution is 7.79. The van der Waals surface area contributed by atoms with Crippen molar-refractivity contribution in [2.45, 2.75) is 19.3 Å². The van der Waals surface area contributed by atoms with Gasteiger partial charge >= 0.3 is 0 Å². The first-order valence-electron chi connectivity index (χ1n) is 4.50. The van der Waals surface area contributed by atoms with E-state index in [-0.39, 0.29) is 5.41 Å². The van der Waals surface area contributed by atoms with Gasteiger partial charge < -0.3 is 9.45 Å². The lowest BCUT2D eigenvalue weighted by Crippen LogP contribution is -2.37. The van der Waals surface area contributed by atoms with Gasteiger partial charge in [-0.15, -0.1) is 0 Å². The Balaban J connectivity index is 2.05. The lowest BCUT2D eigenvalue weighted by atomic mass is 9.83. The molecule has 0 amide bonds. The zero-order valence-corrected chi connectivity index (χ0v) is 7.98. The van der Waals surface area contributed by atoms with Crippen LogP contribution in [-0.2, 0) is 11.1 Å². The lowest BCUT2D eigenvalue weighted by Gasteiger charge is -2.32. The third-order valence-electron chi connectivity index (χ3n) is 3.13.